The molecule has 3 rings (SSSR count). The lowest BCUT2D eigenvalue weighted by molar-refractivity contribution is 0.0786. The zero-order chi connectivity index (χ0) is 17.1. The number of likely N-dealkylation sites (tertiary alicyclic amines) is 1. The van der Waals surface area contributed by atoms with Crippen LogP contribution in [0.15, 0.2) is 48.5 Å². The number of hydrogen-bond acceptors (Lipinski definition) is 3. The van der Waals surface area contributed by atoms with Crippen LogP contribution in [0, 0.1) is 11.7 Å². The fourth-order valence-electron chi connectivity index (χ4n) is 3.34. The second-order valence-corrected chi connectivity index (χ2v) is 6.07. The molecule has 2 atom stereocenters. The van der Waals surface area contributed by atoms with Gasteiger partial charge in [-0.25, -0.2) is 4.39 Å². The minimum absolute atomic E-state index is 0.134. The van der Waals surface area contributed by atoms with Crippen molar-refractivity contribution in [1.82, 2.24) is 4.90 Å². The summed E-state index contributed by atoms with van der Waals surface area (Å²) in [5, 5.41) is 0. The minimum atomic E-state index is -0.530. The summed E-state index contributed by atoms with van der Waals surface area (Å²) in [6.45, 7) is 1.70. The summed E-state index contributed by atoms with van der Waals surface area (Å²) in [6.07, 6.45) is 0. The molecule has 2 N–H and O–H groups in total. The minimum Gasteiger partial charge on any atom is -0.494 e. The summed E-state index contributed by atoms with van der Waals surface area (Å²) in [5.41, 5.74) is 7.43. The highest BCUT2D eigenvalue weighted by Gasteiger charge is 2.35. The number of carbonyl (C=O) groups is 1. The predicted molar refractivity (Wildman–Crippen MR) is 90.6 cm³/mol. The van der Waals surface area contributed by atoms with Gasteiger partial charge in [-0.1, -0.05) is 30.3 Å². The molecule has 2 aromatic rings. The maximum atomic E-state index is 13.9. The molecule has 1 heterocycles. The molecule has 1 aliphatic rings. The van der Waals surface area contributed by atoms with Crippen LogP contribution in [0.25, 0.3) is 0 Å². The molecule has 0 radical (unpaired) electrons. The summed E-state index contributed by atoms with van der Waals surface area (Å²) >= 11 is 0. The SMILES string of the molecule is COc1ccc(C(=O)N2C[C@@H](CN)[C@H](c3ccccc3)C2)cc1F. The summed E-state index contributed by atoms with van der Waals surface area (Å²) in [4.78, 5) is 14.5. The second-order valence-electron chi connectivity index (χ2n) is 6.07. The van der Waals surface area contributed by atoms with Crippen molar-refractivity contribution in [3.05, 3.63) is 65.5 Å². The quantitative estimate of drug-likeness (QED) is 0.939. The van der Waals surface area contributed by atoms with E-state index in [1.807, 2.05) is 18.2 Å². The number of hydrogen-bond donors (Lipinski definition) is 1. The van der Waals surface area contributed by atoms with E-state index in [0.29, 0.717) is 25.2 Å². The molecule has 24 heavy (non-hydrogen) atoms. The average molecular weight is 328 g/mol. The van der Waals surface area contributed by atoms with Gasteiger partial charge >= 0.3 is 0 Å². The van der Waals surface area contributed by atoms with Crippen molar-refractivity contribution in [2.75, 3.05) is 26.7 Å². The third-order valence-corrected chi connectivity index (χ3v) is 4.66. The number of halogens is 1. The molecule has 2 aromatic carbocycles. The average Bonchev–Trinajstić information content (AvgIpc) is 3.06. The molecule has 1 fully saturated rings. The molecule has 0 aliphatic carbocycles. The number of nitrogens with zero attached hydrogens (tertiary/aromatic N) is 1. The van der Waals surface area contributed by atoms with Gasteiger partial charge in [0, 0.05) is 24.6 Å². The van der Waals surface area contributed by atoms with Gasteiger partial charge in [-0.2, -0.15) is 0 Å². The van der Waals surface area contributed by atoms with Crippen molar-refractivity contribution in [2.45, 2.75) is 5.92 Å². The number of amides is 1. The van der Waals surface area contributed by atoms with Crippen LogP contribution >= 0.6 is 0 Å². The molecule has 0 saturated carbocycles. The van der Waals surface area contributed by atoms with Crippen molar-refractivity contribution in [3.63, 3.8) is 0 Å². The summed E-state index contributed by atoms with van der Waals surface area (Å²) in [5.74, 6) is -0.149. The van der Waals surface area contributed by atoms with E-state index in [9.17, 15) is 9.18 Å². The van der Waals surface area contributed by atoms with Gasteiger partial charge in [0.05, 0.1) is 7.11 Å². The molecule has 1 aliphatic heterocycles. The molecule has 0 spiro atoms. The Balaban J connectivity index is 1.80. The van der Waals surface area contributed by atoms with E-state index in [1.54, 1.807) is 11.0 Å². The summed E-state index contributed by atoms with van der Waals surface area (Å²) in [7, 11) is 1.40. The van der Waals surface area contributed by atoms with Crippen molar-refractivity contribution in [2.24, 2.45) is 11.7 Å². The van der Waals surface area contributed by atoms with Crippen molar-refractivity contribution < 1.29 is 13.9 Å². The van der Waals surface area contributed by atoms with Gasteiger partial charge in [-0.05, 0) is 36.2 Å². The van der Waals surface area contributed by atoms with Gasteiger partial charge in [0.1, 0.15) is 0 Å². The van der Waals surface area contributed by atoms with Gasteiger partial charge in [0.15, 0.2) is 11.6 Å². The second kappa shape index (κ2) is 7.01. The van der Waals surface area contributed by atoms with Crippen LogP contribution in [0.4, 0.5) is 4.39 Å². The molecular formula is C19H21FN2O2. The Labute approximate surface area is 141 Å². The molecule has 0 bridgehead atoms. The number of rotatable bonds is 4. The molecule has 0 unspecified atom stereocenters. The first-order valence-electron chi connectivity index (χ1n) is 8.02. The van der Waals surface area contributed by atoms with E-state index >= 15 is 0 Å². The molecule has 1 saturated heterocycles. The first-order valence-corrected chi connectivity index (χ1v) is 8.02. The van der Waals surface area contributed by atoms with E-state index in [0.717, 1.165) is 0 Å². The molecule has 1 amide bonds. The Hall–Kier alpha value is -2.40. The Kier molecular flexibility index (Phi) is 4.81. The number of benzene rings is 2. The van der Waals surface area contributed by atoms with Gasteiger partial charge in [-0.3, -0.25) is 4.79 Å². The van der Waals surface area contributed by atoms with E-state index in [4.69, 9.17) is 10.5 Å². The summed E-state index contributed by atoms with van der Waals surface area (Å²) in [6, 6.07) is 14.4. The standard InChI is InChI=1S/C19H21FN2O2/c1-24-18-8-7-14(9-17(18)20)19(23)22-11-15(10-21)16(12-22)13-5-3-2-4-6-13/h2-9,15-16H,10-12,21H2,1H3/t15-,16+/m1/s1. The molecular weight excluding hydrogens is 307 g/mol. The zero-order valence-corrected chi connectivity index (χ0v) is 13.6. The van der Waals surface area contributed by atoms with Gasteiger partial charge in [0.25, 0.3) is 5.91 Å². The third-order valence-electron chi connectivity index (χ3n) is 4.66. The number of methoxy groups -OCH3 is 1. The lowest BCUT2D eigenvalue weighted by atomic mass is 9.89. The van der Waals surface area contributed by atoms with Crippen molar-refractivity contribution in [1.29, 1.82) is 0 Å². The maximum absolute atomic E-state index is 13.9. The van der Waals surface area contributed by atoms with E-state index < -0.39 is 5.82 Å². The van der Waals surface area contributed by atoms with Crippen LogP contribution in [-0.4, -0.2) is 37.6 Å². The van der Waals surface area contributed by atoms with E-state index in [2.05, 4.69) is 12.1 Å². The zero-order valence-electron chi connectivity index (χ0n) is 13.6. The third kappa shape index (κ3) is 3.12. The lowest BCUT2D eigenvalue weighted by Crippen LogP contribution is -2.29. The van der Waals surface area contributed by atoms with Crippen LogP contribution in [0.2, 0.25) is 0 Å². The van der Waals surface area contributed by atoms with Crippen LogP contribution < -0.4 is 10.5 Å². The fraction of sp³-hybridized carbons (Fsp3) is 0.316. The monoisotopic (exact) mass is 328 g/mol. The number of carbonyl (C=O) groups excluding carboxylic acids is 1. The normalized spacial score (nSPS) is 20.2. The van der Waals surface area contributed by atoms with Crippen LogP contribution in [0.5, 0.6) is 5.75 Å². The Morgan fingerprint density at radius 3 is 2.62 bits per heavy atom. The highest BCUT2D eigenvalue weighted by molar-refractivity contribution is 5.94. The van der Waals surface area contributed by atoms with Crippen LogP contribution in [-0.2, 0) is 0 Å². The molecule has 4 nitrogen and oxygen atoms in total. The maximum Gasteiger partial charge on any atom is 0.253 e. The van der Waals surface area contributed by atoms with E-state index in [1.165, 1.54) is 24.8 Å². The molecule has 126 valence electrons. The highest BCUT2D eigenvalue weighted by atomic mass is 19.1. The predicted octanol–water partition coefficient (Wildman–Crippen LogP) is 2.65. The smallest absolute Gasteiger partial charge is 0.253 e. The Bertz CT molecular complexity index is 721. The highest BCUT2D eigenvalue weighted by Crippen LogP contribution is 2.33. The van der Waals surface area contributed by atoms with Crippen LogP contribution in [0.1, 0.15) is 21.8 Å². The van der Waals surface area contributed by atoms with Crippen molar-refractivity contribution >= 4 is 5.91 Å². The first kappa shape index (κ1) is 16.5. The molecule has 5 heteroatoms. The Morgan fingerprint density at radius 1 is 1.25 bits per heavy atom. The van der Waals surface area contributed by atoms with Crippen LogP contribution in [0.3, 0.4) is 0 Å². The largest absolute Gasteiger partial charge is 0.494 e. The summed E-state index contributed by atoms with van der Waals surface area (Å²) < 4.78 is 18.8. The topological polar surface area (TPSA) is 55.6 Å². The van der Waals surface area contributed by atoms with E-state index in [-0.39, 0.29) is 23.5 Å². The van der Waals surface area contributed by atoms with Crippen molar-refractivity contribution in [3.8, 4) is 5.75 Å². The number of ether oxygens (including phenoxy) is 1. The van der Waals surface area contributed by atoms with Gasteiger partial charge in [-0.15, -0.1) is 0 Å². The Morgan fingerprint density at radius 2 is 2.00 bits per heavy atom. The fourth-order valence-corrected chi connectivity index (χ4v) is 3.34. The number of nitrogens with two attached hydrogens (primary N) is 1. The molecule has 0 aromatic heterocycles. The van der Waals surface area contributed by atoms with Gasteiger partial charge < -0.3 is 15.4 Å². The first-order chi connectivity index (χ1) is 11.6. The lowest BCUT2D eigenvalue weighted by Gasteiger charge is -2.17. The van der Waals surface area contributed by atoms with Gasteiger partial charge in [0.2, 0.25) is 0 Å².